The number of carbonyl (C=O) groups excluding carboxylic acids is 1. The predicted molar refractivity (Wildman–Crippen MR) is 94.8 cm³/mol. The first-order valence-corrected chi connectivity index (χ1v) is 8.64. The molecule has 3 aromatic rings. The molecular weight excluding hydrogens is 340 g/mol. The van der Waals surface area contributed by atoms with E-state index in [0.29, 0.717) is 16.3 Å². The Labute approximate surface area is 145 Å². The van der Waals surface area contributed by atoms with E-state index in [2.05, 4.69) is 14.8 Å². The van der Waals surface area contributed by atoms with Crippen LogP contribution in [-0.4, -0.2) is 32.0 Å². The van der Waals surface area contributed by atoms with Crippen LogP contribution in [0.1, 0.15) is 5.56 Å². The van der Waals surface area contributed by atoms with Crippen LogP contribution < -0.4 is 9.46 Å². The molecule has 126 valence electrons. The van der Waals surface area contributed by atoms with Gasteiger partial charge in [0.05, 0.1) is 24.2 Å². The van der Waals surface area contributed by atoms with Crippen molar-refractivity contribution in [3.05, 3.63) is 48.4 Å². The number of fused-ring (bicyclic) bond motifs is 1. The van der Waals surface area contributed by atoms with Crippen molar-refractivity contribution in [3.63, 3.8) is 0 Å². The SMILES string of the molecule is COc1cc(-c2cncc(C)c2)cc2c1cnn2C1=CC(=O)NS1=O. The summed E-state index contributed by atoms with van der Waals surface area (Å²) in [5.74, 6) is 0.243. The molecular formula is C17H14N4O3S. The highest BCUT2D eigenvalue weighted by molar-refractivity contribution is 7.93. The Morgan fingerprint density at radius 2 is 2.00 bits per heavy atom. The van der Waals surface area contributed by atoms with Crippen LogP contribution in [0.2, 0.25) is 0 Å². The van der Waals surface area contributed by atoms with E-state index in [1.54, 1.807) is 25.7 Å². The lowest BCUT2D eigenvalue weighted by Gasteiger charge is -2.09. The number of aryl methyl sites for hydroxylation is 1. The molecule has 0 spiro atoms. The van der Waals surface area contributed by atoms with E-state index in [1.807, 2.05) is 25.1 Å². The zero-order chi connectivity index (χ0) is 17.6. The minimum Gasteiger partial charge on any atom is -0.496 e. The van der Waals surface area contributed by atoms with Crippen molar-refractivity contribution >= 4 is 32.8 Å². The third kappa shape index (κ3) is 2.60. The maximum Gasteiger partial charge on any atom is 0.258 e. The van der Waals surface area contributed by atoms with Crippen LogP contribution in [0.25, 0.3) is 27.1 Å². The van der Waals surface area contributed by atoms with Crippen LogP contribution in [0.15, 0.2) is 42.9 Å². The van der Waals surface area contributed by atoms with Gasteiger partial charge in [-0.05, 0) is 36.2 Å². The van der Waals surface area contributed by atoms with Gasteiger partial charge in [0, 0.05) is 24.0 Å². The molecule has 0 fully saturated rings. The molecule has 1 N–H and O–H groups in total. The highest BCUT2D eigenvalue weighted by atomic mass is 32.2. The molecule has 8 heteroatoms. The fourth-order valence-corrected chi connectivity index (χ4v) is 3.66. The van der Waals surface area contributed by atoms with Gasteiger partial charge in [-0.15, -0.1) is 0 Å². The summed E-state index contributed by atoms with van der Waals surface area (Å²) < 4.78 is 21.4. The largest absolute Gasteiger partial charge is 0.496 e. The molecule has 1 unspecified atom stereocenters. The Kier molecular flexibility index (Phi) is 3.61. The number of methoxy groups -OCH3 is 1. The number of carbonyl (C=O) groups is 1. The molecule has 4 rings (SSSR count). The summed E-state index contributed by atoms with van der Waals surface area (Å²) in [6.45, 7) is 1.97. The number of ether oxygens (including phenoxy) is 1. The van der Waals surface area contributed by atoms with E-state index < -0.39 is 16.9 Å². The number of pyridine rings is 1. The van der Waals surface area contributed by atoms with Crippen LogP contribution in [0, 0.1) is 6.92 Å². The van der Waals surface area contributed by atoms with Gasteiger partial charge < -0.3 is 4.74 Å². The second-order valence-corrected chi connectivity index (χ2v) is 6.80. The molecule has 1 amide bonds. The fraction of sp³-hybridized carbons (Fsp3) is 0.118. The van der Waals surface area contributed by atoms with Gasteiger partial charge in [0.15, 0.2) is 16.0 Å². The molecule has 1 aliphatic heterocycles. The fourth-order valence-electron chi connectivity index (χ4n) is 2.80. The number of rotatable bonds is 3. The summed E-state index contributed by atoms with van der Waals surface area (Å²) in [4.78, 5) is 15.7. The predicted octanol–water partition coefficient (Wildman–Crippen LogP) is 2.01. The van der Waals surface area contributed by atoms with Crippen LogP contribution in [0.3, 0.4) is 0 Å². The first kappa shape index (κ1) is 15.5. The first-order valence-electron chi connectivity index (χ1n) is 7.49. The van der Waals surface area contributed by atoms with Gasteiger partial charge >= 0.3 is 0 Å². The summed E-state index contributed by atoms with van der Waals surface area (Å²) in [5.41, 5.74) is 3.57. The van der Waals surface area contributed by atoms with Crippen molar-refractivity contribution in [1.29, 1.82) is 0 Å². The van der Waals surface area contributed by atoms with E-state index in [4.69, 9.17) is 4.74 Å². The molecule has 1 aliphatic rings. The summed E-state index contributed by atoms with van der Waals surface area (Å²) in [6.07, 6.45) is 6.48. The van der Waals surface area contributed by atoms with Gasteiger partial charge in [-0.3, -0.25) is 14.5 Å². The van der Waals surface area contributed by atoms with Crippen molar-refractivity contribution in [2.75, 3.05) is 7.11 Å². The normalized spacial score (nSPS) is 16.8. The van der Waals surface area contributed by atoms with E-state index in [1.165, 1.54) is 10.8 Å². The highest BCUT2D eigenvalue weighted by Gasteiger charge is 2.24. The summed E-state index contributed by atoms with van der Waals surface area (Å²) >= 11 is 0. The lowest BCUT2D eigenvalue weighted by molar-refractivity contribution is -0.114. The molecule has 0 bridgehead atoms. The van der Waals surface area contributed by atoms with Crippen molar-refractivity contribution in [3.8, 4) is 16.9 Å². The highest BCUT2D eigenvalue weighted by Crippen LogP contribution is 2.34. The number of nitrogens with zero attached hydrogens (tertiary/aromatic N) is 3. The van der Waals surface area contributed by atoms with E-state index in [9.17, 15) is 9.00 Å². The van der Waals surface area contributed by atoms with Crippen molar-refractivity contribution in [2.45, 2.75) is 6.92 Å². The third-order valence-electron chi connectivity index (χ3n) is 3.93. The quantitative estimate of drug-likeness (QED) is 0.777. The molecule has 25 heavy (non-hydrogen) atoms. The molecule has 2 aromatic heterocycles. The maximum atomic E-state index is 12.1. The summed E-state index contributed by atoms with van der Waals surface area (Å²) in [5, 5.41) is 5.35. The molecule has 1 aromatic carbocycles. The van der Waals surface area contributed by atoms with Crippen molar-refractivity contribution in [2.24, 2.45) is 0 Å². The molecule has 1 atom stereocenters. The van der Waals surface area contributed by atoms with Crippen LogP contribution in [0.5, 0.6) is 5.75 Å². The zero-order valence-corrected chi connectivity index (χ0v) is 14.3. The number of amides is 1. The first-order chi connectivity index (χ1) is 12.1. The second kappa shape index (κ2) is 5.82. The lowest BCUT2D eigenvalue weighted by Crippen LogP contribution is -2.17. The van der Waals surface area contributed by atoms with Crippen molar-refractivity contribution in [1.82, 2.24) is 19.5 Å². The van der Waals surface area contributed by atoms with Crippen LogP contribution >= 0.6 is 0 Å². The van der Waals surface area contributed by atoms with E-state index in [-0.39, 0.29) is 0 Å². The summed E-state index contributed by atoms with van der Waals surface area (Å²) in [6, 6.07) is 5.85. The number of aromatic nitrogens is 3. The number of benzene rings is 1. The van der Waals surface area contributed by atoms with Crippen LogP contribution in [-0.2, 0) is 15.8 Å². The molecule has 0 saturated carbocycles. The Morgan fingerprint density at radius 3 is 2.68 bits per heavy atom. The molecule has 0 radical (unpaired) electrons. The standard InChI is InChI=1S/C17H14N4O3S/c1-10-3-12(8-18-7-10)11-4-14-13(15(5-11)24-2)9-19-21(14)17-6-16(22)20-25(17)23/h3-9H,1-2H3,(H,20,22). The smallest absolute Gasteiger partial charge is 0.258 e. The number of nitrogens with one attached hydrogen (secondary N) is 1. The van der Waals surface area contributed by atoms with Gasteiger partial charge in [0.2, 0.25) is 0 Å². The average Bonchev–Trinajstić information content (AvgIpc) is 3.16. The molecule has 0 saturated heterocycles. The van der Waals surface area contributed by atoms with Crippen LogP contribution in [0.4, 0.5) is 0 Å². The third-order valence-corrected chi connectivity index (χ3v) is 4.98. The molecule has 3 heterocycles. The molecule has 0 aliphatic carbocycles. The second-order valence-electron chi connectivity index (χ2n) is 5.64. The minimum absolute atomic E-state index is 0.293. The van der Waals surface area contributed by atoms with Gasteiger partial charge in [-0.25, -0.2) is 8.89 Å². The topological polar surface area (TPSA) is 86.1 Å². The zero-order valence-electron chi connectivity index (χ0n) is 13.5. The minimum atomic E-state index is -1.63. The Hall–Kier alpha value is -3.00. The van der Waals surface area contributed by atoms with Gasteiger partial charge in [-0.1, -0.05) is 0 Å². The monoisotopic (exact) mass is 354 g/mol. The lowest BCUT2D eigenvalue weighted by atomic mass is 10.0. The van der Waals surface area contributed by atoms with Gasteiger partial charge in [0.1, 0.15) is 5.75 Å². The number of hydrogen-bond acceptors (Lipinski definition) is 5. The Balaban J connectivity index is 1.96. The van der Waals surface area contributed by atoms with E-state index >= 15 is 0 Å². The molecule has 7 nitrogen and oxygen atoms in total. The van der Waals surface area contributed by atoms with E-state index in [0.717, 1.165) is 22.1 Å². The Morgan fingerprint density at radius 1 is 1.16 bits per heavy atom. The maximum absolute atomic E-state index is 12.1. The summed E-state index contributed by atoms with van der Waals surface area (Å²) in [7, 11) is -0.0448. The van der Waals surface area contributed by atoms with Crippen molar-refractivity contribution < 1.29 is 13.7 Å². The number of hydrogen-bond donors (Lipinski definition) is 1. The average molecular weight is 354 g/mol. The Bertz CT molecular complexity index is 1070. The van der Waals surface area contributed by atoms with Gasteiger partial charge in [0.25, 0.3) is 5.91 Å². The van der Waals surface area contributed by atoms with Gasteiger partial charge in [-0.2, -0.15) is 5.10 Å².